The van der Waals surface area contributed by atoms with Gasteiger partial charge in [0.2, 0.25) is 10.0 Å². The summed E-state index contributed by atoms with van der Waals surface area (Å²) in [5.74, 6) is 0.208. The molecule has 0 atom stereocenters. The average Bonchev–Trinajstić information content (AvgIpc) is 2.69. The Morgan fingerprint density at radius 2 is 1.61 bits per heavy atom. The number of sulfonamides is 2. The largest absolute Gasteiger partial charge is 0.495 e. The molecular weight excluding hydrogens is 468 g/mol. The van der Waals surface area contributed by atoms with Crippen LogP contribution in [0.25, 0.3) is 0 Å². The number of benzene rings is 2. The smallest absolute Gasteiger partial charge is 0.265 e. The maximum absolute atomic E-state index is 12.7. The van der Waals surface area contributed by atoms with Crippen LogP contribution in [-0.2, 0) is 20.0 Å². The van der Waals surface area contributed by atoms with E-state index in [0.717, 1.165) is 19.3 Å². The van der Waals surface area contributed by atoms with Gasteiger partial charge < -0.3 is 4.74 Å². The van der Waals surface area contributed by atoms with E-state index in [4.69, 9.17) is 4.74 Å². The van der Waals surface area contributed by atoms with E-state index in [1.807, 2.05) is 0 Å². The summed E-state index contributed by atoms with van der Waals surface area (Å²) in [7, 11) is -6.08. The van der Waals surface area contributed by atoms with Gasteiger partial charge in [0.15, 0.2) is 0 Å². The van der Waals surface area contributed by atoms with E-state index < -0.39 is 20.0 Å². The summed E-state index contributed by atoms with van der Waals surface area (Å²) in [5, 5.41) is 0. The molecule has 0 aliphatic carbocycles. The van der Waals surface area contributed by atoms with Crippen LogP contribution in [0.15, 0.2) is 56.7 Å². The first-order chi connectivity index (χ1) is 13.2. The maximum atomic E-state index is 12.7. The summed E-state index contributed by atoms with van der Waals surface area (Å²) in [5.41, 5.74) is 0.264. The lowest BCUT2D eigenvalue weighted by Crippen LogP contribution is -2.35. The van der Waals surface area contributed by atoms with Gasteiger partial charge in [0.05, 0.1) is 12.0 Å². The number of halogens is 1. The van der Waals surface area contributed by atoms with Gasteiger partial charge in [-0.05, 0) is 55.3 Å². The van der Waals surface area contributed by atoms with E-state index in [1.54, 1.807) is 12.1 Å². The second-order valence-corrected chi connectivity index (χ2v) is 10.9. The predicted octanol–water partition coefficient (Wildman–Crippen LogP) is 3.43. The van der Waals surface area contributed by atoms with Crippen LogP contribution in [-0.4, -0.2) is 41.3 Å². The standard InChI is InChI=1S/C18H21BrN2O5S2/c1-26-17-10-5-14(19)13-18(17)27(22,23)20-15-6-8-16(9-7-15)28(24,25)21-11-3-2-4-12-21/h5-10,13,20H,2-4,11-12H2,1H3. The van der Waals surface area contributed by atoms with Gasteiger partial charge in [-0.2, -0.15) is 4.31 Å². The molecule has 1 aliphatic heterocycles. The van der Waals surface area contributed by atoms with Crippen LogP contribution in [0.2, 0.25) is 0 Å². The Hall–Kier alpha value is -1.62. The molecule has 3 rings (SSSR count). The molecule has 152 valence electrons. The van der Waals surface area contributed by atoms with E-state index >= 15 is 0 Å². The Bertz CT molecular complexity index is 1050. The fourth-order valence-electron chi connectivity index (χ4n) is 3.02. The van der Waals surface area contributed by atoms with Crippen molar-refractivity contribution in [2.24, 2.45) is 0 Å². The van der Waals surface area contributed by atoms with Crippen molar-refractivity contribution in [3.63, 3.8) is 0 Å². The molecule has 1 aliphatic rings. The molecule has 0 amide bonds. The van der Waals surface area contributed by atoms with Crippen LogP contribution in [0.1, 0.15) is 19.3 Å². The molecule has 1 N–H and O–H groups in total. The fraction of sp³-hybridized carbons (Fsp3) is 0.333. The molecule has 7 nitrogen and oxygen atoms in total. The molecule has 0 spiro atoms. The second-order valence-electron chi connectivity index (χ2n) is 6.39. The van der Waals surface area contributed by atoms with Crippen molar-refractivity contribution in [2.75, 3.05) is 24.9 Å². The summed E-state index contributed by atoms with van der Waals surface area (Å²) in [6, 6.07) is 10.4. The highest BCUT2D eigenvalue weighted by molar-refractivity contribution is 9.10. The van der Waals surface area contributed by atoms with Crippen molar-refractivity contribution < 1.29 is 21.6 Å². The van der Waals surface area contributed by atoms with Gasteiger partial charge in [-0.15, -0.1) is 0 Å². The lowest BCUT2D eigenvalue weighted by atomic mass is 10.2. The van der Waals surface area contributed by atoms with Gasteiger partial charge in [0, 0.05) is 23.2 Å². The van der Waals surface area contributed by atoms with E-state index in [0.29, 0.717) is 17.6 Å². The third kappa shape index (κ3) is 4.51. The SMILES string of the molecule is COc1ccc(Br)cc1S(=O)(=O)Nc1ccc(S(=O)(=O)N2CCCCC2)cc1. The first kappa shape index (κ1) is 21.1. The van der Waals surface area contributed by atoms with Crippen molar-refractivity contribution in [1.82, 2.24) is 4.31 Å². The lowest BCUT2D eigenvalue weighted by molar-refractivity contribution is 0.346. The van der Waals surface area contributed by atoms with E-state index in [2.05, 4.69) is 20.7 Å². The molecule has 10 heteroatoms. The molecule has 1 heterocycles. The third-order valence-electron chi connectivity index (χ3n) is 4.47. The average molecular weight is 489 g/mol. The molecule has 1 saturated heterocycles. The number of hydrogen-bond donors (Lipinski definition) is 1. The molecule has 0 aromatic heterocycles. The van der Waals surface area contributed by atoms with E-state index in [-0.39, 0.29) is 21.2 Å². The molecule has 28 heavy (non-hydrogen) atoms. The fourth-order valence-corrected chi connectivity index (χ4v) is 6.30. The summed E-state index contributed by atoms with van der Waals surface area (Å²) in [4.78, 5) is 0.131. The number of rotatable bonds is 6. The van der Waals surface area contributed by atoms with Gasteiger partial charge in [0.1, 0.15) is 10.6 Å². The molecule has 0 unspecified atom stereocenters. The zero-order chi connectivity index (χ0) is 20.4. The minimum atomic E-state index is -3.91. The van der Waals surface area contributed by atoms with E-state index in [9.17, 15) is 16.8 Å². The predicted molar refractivity (Wildman–Crippen MR) is 111 cm³/mol. The summed E-state index contributed by atoms with van der Waals surface area (Å²) in [6.45, 7) is 1.03. The van der Waals surface area contributed by atoms with Gasteiger partial charge in [-0.1, -0.05) is 22.4 Å². The van der Waals surface area contributed by atoms with Crippen molar-refractivity contribution >= 4 is 41.7 Å². The van der Waals surface area contributed by atoms with Gasteiger partial charge in [-0.3, -0.25) is 4.72 Å². The van der Waals surface area contributed by atoms with Gasteiger partial charge in [-0.25, -0.2) is 16.8 Å². The van der Waals surface area contributed by atoms with Crippen molar-refractivity contribution in [1.29, 1.82) is 0 Å². The number of piperidine rings is 1. The number of hydrogen-bond acceptors (Lipinski definition) is 5. The Labute approximate surface area is 173 Å². The molecule has 1 fully saturated rings. The first-order valence-electron chi connectivity index (χ1n) is 8.70. The normalized spacial score (nSPS) is 15.9. The minimum Gasteiger partial charge on any atom is -0.495 e. The zero-order valence-corrected chi connectivity index (χ0v) is 18.5. The van der Waals surface area contributed by atoms with Crippen LogP contribution in [0.3, 0.4) is 0 Å². The van der Waals surface area contributed by atoms with Crippen molar-refractivity contribution in [3.05, 3.63) is 46.9 Å². The van der Waals surface area contributed by atoms with E-state index in [1.165, 1.54) is 41.7 Å². The van der Waals surface area contributed by atoms with Crippen LogP contribution < -0.4 is 9.46 Å². The molecular formula is C18H21BrN2O5S2. The molecule has 0 saturated carbocycles. The monoisotopic (exact) mass is 488 g/mol. The van der Waals surface area contributed by atoms with Crippen molar-refractivity contribution in [2.45, 2.75) is 29.1 Å². The van der Waals surface area contributed by atoms with Crippen LogP contribution in [0.4, 0.5) is 5.69 Å². The number of nitrogens with zero attached hydrogens (tertiary/aromatic N) is 1. The summed E-state index contributed by atoms with van der Waals surface area (Å²) < 4.78 is 60.5. The van der Waals surface area contributed by atoms with Gasteiger partial charge in [0.25, 0.3) is 10.0 Å². The van der Waals surface area contributed by atoms with Crippen LogP contribution in [0, 0.1) is 0 Å². The quantitative estimate of drug-likeness (QED) is 0.671. The molecule has 2 aromatic carbocycles. The Morgan fingerprint density at radius 3 is 2.21 bits per heavy atom. The number of nitrogens with one attached hydrogen (secondary N) is 1. The third-order valence-corrected chi connectivity index (χ3v) is 8.28. The lowest BCUT2D eigenvalue weighted by Gasteiger charge is -2.25. The summed E-state index contributed by atoms with van der Waals surface area (Å²) in [6.07, 6.45) is 2.74. The number of anilines is 1. The van der Waals surface area contributed by atoms with Crippen LogP contribution >= 0.6 is 15.9 Å². The summed E-state index contributed by atoms with van der Waals surface area (Å²) >= 11 is 3.25. The second kappa shape index (κ2) is 8.40. The highest BCUT2D eigenvalue weighted by Gasteiger charge is 2.26. The topological polar surface area (TPSA) is 92.8 Å². The number of ether oxygens (including phenoxy) is 1. The molecule has 2 aromatic rings. The Morgan fingerprint density at radius 1 is 0.964 bits per heavy atom. The molecule has 0 bridgehead atoms. The van der Waals surface area contributed by atoms with Crippen molar-refractivity contribution in [3.8, 4) is 5.75 Å². The Balaban J connectivity index is 1.83. The maximum Gasteiger partial charge on any atom is 0.265 e. The first-order valence-corrected chi connectivity index (χ1v) is 12.4. The Kier molecular flexibility index (Phi) is 6.33. The minimum absolute atomic E-state index is 0.0191. The zero-order valence-electron chi connectivity index (χ0n) is 15.3. The highest BCUT2D eigenvalue weighted by Crippen LogP contribution is 2.29. The highest BCUT2D eigenvalue weighted by atomic mass is 79.9. The molecule has 0 radical (unpaired) electrons. The number of methoxy groups -OCH3 is 1. The van der Waals surface area contributed by atoms with Crippen LogP contribution in [0.5, 0.6) is 5.75 Å². The van der Waals surface area contributed by atoms with Gasteiger partial charge >= 0.3 is 0 Å².